The van der Waals surface area contributed by atoms with Gasteiger partial charge in [-0.05, 0) is 61.4 Å². The predicted octanol–water partition coefficient (Wildman–Crippen LogP) is 4.98. The van der Waals surface area contributed by atoms with E-state index in [1.807, 2.05) is 60.7 Å². The third-order valence-corrected chi connectivity index (χ3v) is 6.99. The Labute approximate surface area is 198 Å². The minimum absolute atomic E-state index is 0.120. The van der Waals surface area contributed by atoms with Crippen molar-refractivity contribution >= 4 is 34.8 Å². The number of amides is 1. The molecule has 1 spiro atoms. The average molecular weight is 467 g/mol. The van der Waals surface area contributed by atoms with Crippen LogP contribution in [0.3, 0.4) is 0 Å². The van der Waals surface area contributed by atoms with Crippen LogP contribution < -0.4 is 10.2 Å². The summed E-state index contributed by atoms with van der Waals surface area (Å²) in [5.74, 6) is 0.120. The number of aromatic nitrogens is 1. The van der Waals surface area contributed by atoms with Crippen LogP contribution >= 0.6 is 23.2 Å². The molecule has 5 rings (SSSR count). The molecule has 0 saturated carbocycles. The van der Waals surface area contributed by atoms with E-state index in [-0.39, 0.29) is 5.91 Å². The van der Waals surface area contributed by atoms with Crippen molar-refractivity contribution < 1.29 is 4.79 Å². The highest BCUT2D eigenvalue weighted by molar-refractivity contribution is 6.30. The number of rotatable bonds is 4. The summed E-state index contributed by atoms with van der Waals surface area (Å²) in [4.78, 5) is 22.3. The number of nitrogens with one attached hydrogen (secondary N) is 1. The quantitative estimate of drug-likeness (QED) is 0.588. The third-order valence-electron chi connectivity index (χ3n) is 6.49. The first kappa shape index (κ1) is 21.3. The average Bonchev–Trinajstić information content (AvgIpc) is 3.12. The Morgan fingerprint density at radius 3 is 2.25 bits per heavy atom. The normalized spacial score (nSPS) is 18.2. The molecule has 1 N–H and O–H groups in total. The summed E-state index contributed by atoms with van der Waals surface area (Å²) in [6, 6.07) is 21.6. The van der Waals surface area contributed by atoms with Crippen molar-refractivity contribution in [2.24, 2.45) is 0 Å². The summed E-state index contributed by atoms with van der Waals surface area (Å²) < 4.78 is 0. The van der Waals surface area contributed by atoms with Crippen LogP contribution in [-0.4, -0.2) is 41.1 Å². The molecule has 0 unspecified atom stereocenters. The molecule has 0 bridgehead atoms. The van der Waals surface area contributed by atoms with Crippen LogP contribution in [0, 0.1) is 0 Å². The minimum Gasteiger partial charge on any atom is -0.339 e. The van der Waals surface area contributed by atoms with Crippen molar-refractivity contribution in [1.29, 1.82) is 0 Å². The Kier molecular flexibility index (Phi) is 5.80. The SMILES string of the molecule is O=C1NCN(c2ccc(Cl)cc2)C12CCN(Cc1cccc(-c3ccc(Cl)cc3)n1)CC2. The number of hydrogen-bond acceptors (Lipinski definition) is 4. The van der Waals surface area contributed by atoms with Gasteiger partial charge in [-0.25, -0.2) is 0 Å². The molecule has 2 saturated heterocycles. The van der Waals surface area contributed by atoms with Gasteiger partial charge in [-0.2, -0.15) is 0 Å². The lowest BCUT2D eigenvalue weighted by molar-refractivity contribution is -0.125. The zero-order valence-electron chi connectivity index (χ0n) is 17.6. The Balaban J connectivity index is 1.28. The monoisotopic (exact) mass is 466 g/mol. The molecule has 2 fully saturated rings. The van der Waals surface area contributed by atoms with Crippen LogP contribution in [0.1, 0.15) is 18.5 Å². The molecule has 1 amide bonds. The fourth-order valence-electron chi connectivity index (χ4n) is 4.70. The van der Waals surface area contributed by atoms with Crippen molar-refractivity contribution in [3.05, 3.63) is 82.5 Å². The van der Waals surface area contributed by atoms with Crippen LogP contribution in [0.15, 0.2) is 66.7 Å². The van der Waals surface area contributed by atoms with Crippen LogP contribution in [0.2, 0.25) is 10.0 Å². The van der Waals surface area contributed by atoms with Gasteiger partial charge in [0.05, 0.1) is 18.1 Å². The second-order valence-corrected chi connectivity index (χ2v) is 9.27. The van der Waals surface area contributed by atoms with Crippen LogP contribution in [0.4, 0.5) is 5.69 Å². The van der Waals surface area contributed by atoms with E-state index < -0.39 is 5.54 Å². The van der Waals surface area contributed by atoms with Crippen molar-refractivity contribution in [1.82, 2.24) is 15.2 Å². The first-order valence-electron chi connectivity index (χ1n) is 10.8. The zero-order chi connectivity index (χ0) is 22.1. The van der Waals surface area contributed by atoms with Gasteiger partial charge in [0.1, 0.15) is 5.54 Å². The molecular weight excluding hydrogens is 443 g/mol. The smallest absolute Gasteiger partial charge is 0.247 e. The second kappa shape index (κ2) is 8.74. The lowest BCUT2D eigenvalue weighted by Crippen LogP contribution is -2.56. The van der Waals surface area contributed by atoms with E-state index >= 15 is 0 Å². The number of nitrogens with zero attached hydrogens (tertiary/aromatic N) is 3. The second-order valence-electron chi connectivity index (χ2n) is 8.40. The van der Waals surface area contributed by atoms with E-state index in [1.54, 1.807) is 0 Å². The molecule has 32 heavy (non-hydrogen) atoms. The van der Waals surface area contributed by atoms with Crippen LogP contribution in [-0.2, 0) is 11.3 Å². The summed E-state index contributed by atoms with van der Waals surface area (Å²) in [6.07, 6.45) is 1.55. The number of piperidine rings is 1. The van der Waals surface area contributed by atoms with Crippen LogP contribution in [0.25, 0.3) is 11.3 Å². The standard InChI is InChI=1S/C25H24Cl2N4O/c26-19-6-4-18(5-7-19)23-3-1-2-21(29-23)16-30-14-12-25(13-15-30)24(32)28-17-31(25)22-10-8-20(27)9-11-22/h1-11H,12-17H2,(H,28,32). The number of carbonyl (C=O) groups excluding carboxylic acids is 1. The van der Waals surface area contributed by atoms with Gasteiger partial charge in [-0.1, -0.05) is 41.4 Å². The molecule has 0 radical (unpaired) electrons. The maximum absolute atomic E-state index is 12.9. The lowest BCUT2D eigenvalue weighted by atomic mass is 9.85. The topological polar surface area (TPSA) is 48.5 Å². The fraction of sp³-hybridized carbons (Fsp3) is 0.280. The number of anilines is 1. The number of hydrogen-bond donors (Lipinski definition) is 1. The maximum atomic E-state index is 12.9. The molecule has 0 atom stereocenters. The molecule has 3 heterocycles. The van der Waals surface area contributed by atoms with Gasteiger partial charge < -0.3 is 10.2 Å². The van der Waals surface area contributed by atoms with Crippen molar-refractivity contribution in [3.8, 4) is 11.3 Å². The Morgan fingerprint density at radius 1 is 0.906 bits per heavy atom. The molecule has 2 aliphatic rings. The molecule has 1 aromatic heterocycles. The number of halogens is 2. The molecule has 2 aromatic carbocycles. The number of likely N-dealkylation sites (tertiary alicyclic amines) is 1. The van der Waals surface area contributed by atoms with E-state index in [4.69, 9.17) is 28.2 Å². The van der Waals surface area contributed by atoms with E-state index in [0.717, 1.165) is 60.1 Å². The molecule has 164 valence electrons. The predicted molar refractivity (Wildman–Crippen MR) is 129 cm³/mol. The summed E-state index contributed by atoms with van der Waals surface area (Å²) in [6.45, 7) is 2.97. The van der Waals surface area contributed by atoms with Gasteiger partial charge in [0.15, 0.2) is 0 Å². The Bertz CT molecular complexity index is 1110. The molecule has 0 aliphatic carbocycles. The number of pyridine rings is 1. The first-order chi connectivity index (χ1) is 15.5. The Morgan fingerprint density at radius 2 is 1.56 bits per heavy atom. The largest absolute Gasteiger partial charge is 0.339 e. The first-order valence-corrected chi connectivity index (χ1v) is 11.5. The summed E-state index contributed by atoms with van der Waals surface area (Å²) in [7, 11) is 0. The zero-order valence-corrected chi connectivity index (χ0v) is 19.1. The van der Waals surface area contributed by atoms with Gasteiger partial charge in [0.2, 0.25) is 5.91 Å². The van der Waals surface area contributed by atoms with Gasteiger partial charge in [-0.15, -0.1) is 0 Å². The van der Waals surface area contributed by atoms with Crippen LogP contribution in [0.5, 0.6) is 0 Å². The summed E-state index contributed by atoms with van der Waals surface area (Å²) in [5, 5.41) is 4.47. The Hall–Kier alpha value is -2.60. The molecule has 3 aromatic rings. The third kappa shape index (κ3) is 4.08. The van der Waals surface area contributed by atoms with Gasteiger partial charge >= 0.3 is 0 Å². The fourth-order valence-corrected chi connectivity index (χ4v) is 4.96. The highest BCUT2D eigenvalue weighted by Gasteiger charge is 2.50. The van der Waals surface area contributed by atoms with Gasteiger partial charge in [0.25, 0.3) is 0 Å². The minimum atomic E-state index is -0.497. The van der Waals surface area contributed by atoms with E-state index in [0.29, 0.717) is 11.7 Å². The number of carbonyl (C=O) groups is 1. The molecule has 7 heteroatoms. The maximum Gasteiger partial charge on any atom is 0.247 e. The van der Waals surface area contributed by atoms with Gasteiger partial charge in [-0.3, -0.25) is 14.7 Å². The summed E-state index contributed by atoms with van der Waals surface area (Å²) >= 11 is 12.1. The lowest BCUT2D eigenvalue weighted by Gasteiger charge is -2.43. The summed E-state index contributed by atoms with van der Waals surface area (Å²) in [5.41, 5.74) is 3.55. The highest BCUT2D eigenvalue weighted by Crippen LogP contribution is 2.37. The number of benzene rings is 2. The van der Waals surface area contributed by atoms with E-state index in [1.165, 1.54) is 0 Å². The molecular formula is C25H24Cl2N4O. The van der Waals surface area contributed by atoms with Gasteiger partial charge in [0, 0.05) is 40.9 Å². The van der Waals surface area contributed by atoms with E-state index in [2.05, 4.69) is 21.2 Å². The van der Waals surface area contributed by atoms with Crippen molar-refractivity contribution in [2.45, 2.75) is 24.9 Å². The van der Waals surface area contributed by atoms with Crippen molar-refractivity contribution in [3.63, 3.8) is 0 Å². The highest BCUT2D eigenvalue weighted by atomic mass is 35.5. The van der Waals surface area contributed by atoms with E-state index in [9.17, 15) is 4.79 Å². The van der Waals surface area contributed by atoms with Crippen molar-refractivity contribution in [2.75, 3.05) is 24.7 Å². The molecule has 2 aliphatic heterocycles. The molecule has 5 nitrogen and oxygen atoms in total.